The lowest BCUT2D eigenvalue weighted by Gasteiger charge is -2.21. The van der Waals surface area contributed by atoms with E-state index in [0.29, 0.717) is 22.6 Å². The quantitative estimate of drug-likeness (QED) is 0.516. The number of benzene rings is 2. The molecule has 1 aliphatic carbocycles. The molecular formula is C21H21N5O2S. The molecule has 0 radical (unpaired) electrons. The van der Waals surface area contributed by atoms with Crippen LogP contribution in [0.1, 0.15) is 35.7 Å². The lowest BCUT2D eigenvalue weighted by molar-refractivity contribution is 0.593. The number of sulfonamides is 1. The van der Waals surface area contributed by atoms with E-state index in [2.05, 4.69) is 15.2 Å². The number of hydrogen-bond donors (Lipinski definition) is 0. The van der Waals surface area contributed by atoms with E-state index in [1.165, 1.54) is 11.4 Å². The van der Waals surface area contributed by atoms with E-state index in [1.54, 1.807) is 13.0 Å². The van der Waals surface area contributed by atoms with Crippen LogP contribution in [-0.4, -0.2) is 35.0 Å². The Bertz CT molecular complexity index is 1370. The fourth-order valence-corrected chi connectivity index (χ4v) is 5.11. The van der Waals surface area contributed by atoms with Crippen LogP contribution in [0.5, 0.6) is 0 Å². The first-order valence-electron chi connectivity index (χ1n) is 9.58. The Labute approximate surface area is 169 Å². The van der Waals surface area contributed by atoms with Gasteiger partial charge in [-0.2, -0.15) is 0 Å². The minimum absolute atomic E-state index is 0.273. The predicted molar refractivity (Wildman–Crippen MR) is 112 cm³/mol. The van der Waals surface area contributed by atoms with E-state index in [-0.39, 0.29) is 10.7 Å². The fraction of sp³-hybridized carbons (Fsp3) is 0.286. The monoisotopic (exact) mass is 407 g/mol. The van der Waals surface area contributed by atoms with Gasteiger partial charge >= 0.3 is 0 Å². The first kappa shape index (κ1) is 18.1. The molecule has 0 bridgehead atoms. The van der Waals surface area contributed by atoms with Crippen LogP contribution in [0.15, 0.2) is 47.4 Å². The lowest BCUT2D eigenvalue weighted by atomic mass is 10.2. The molecule has 0 spiro atoms. The molecule has 148 valence electrons. The van der Waals surface area contributed by atoms with Gasteiger partial charge in [0.2, 0.25) is 5.65 Å². The Hall–Kier alpha value is -3.00. The molecule has 0 atom stereocenters. The summed E-state index contributed by atoms with van der Waals surface area (Å²) in [5.74, 6) is 1.52. The summed E-state index contributed by atoms with van der Waals surface area (Å²) in [5.41, 5.74) is 3.63. The van der Waals surface area contributed by atoms with Gasteiger partial charge in [-0.1, -0.05) is 24.3 Å². The highest BCUT2D eigenvalue weighted by molar-refractivity contribution is 7.92. The number of aromatic nitrogens is 4. The third kappa shape index (κ3) is 2.78. The number of nitrogens with zero attached hydrogens (tertiary/aromatic N) is 5. The van der Waals surface area contributed by atoms with Crippen molar-refractivity contribution in [3.63, 3.8) is 0 Å². The Morgan fingerprint density at radius 2 is 1.83 bits per heavy atom. The smallest absolute Gasteiger partial charge is 0.265 e. The van der Waals surface area contributed by atoms with Crippen LogP contribution < -0.4 is 4.31 Å². The van der Waals surface area contributed by atoms with Gasteiger partial charge < -0.3 is 0 Å². The van der Waals surface area contributed by atoms with Crippen LogP contribution in [-0.2, 0) is 10.0 Å². The van der Waals surface area contributed by atoms with Gasteiger partial charge in [0.05, 0.1) is 15.9 Å². The molecule has 0 amide bonds. The molecule has 2 aromatic carbocycles. The summed E-state index contributed by atoms with van der Waals surface area (Å²) in [7, 11) is -2.28. The molecule has 1 saturated carbocycles. The Morgan fingerprint density at radius 3 is 2.59 bits per heavy atom. The van der Waals surface area contributed by atoms with Crippen molar-refractivity contribution in [2.24, 2.45) is 0 Å². The Kier molecular flexibility index (Phi) is 3.89. The summed E-state index contributed by atoms with van der Waals surface area (Å²) in [6, 6.07) is 13.1. The maximum Gasteiger partial charge on any atom is 0.265 e. The highest BCUT2D eigenvalue weighted by atomic mass is 32.2. The molecule has 0 unspecified atom stereocenters. The summed E-state index contributed by atoms with van der Waals surface area (Å²) in [6.45, 7) is 3.68. The summed E-state index contributed by atoms with van der Waals surface area (Å²) in [4.78, 5) is 4.94. The Balaban J connectivity index is 1.77. The Morgan fingerprint density at radius 1 is 1.07 bits per heavy atom. The summed E-state index contributed by atoms with van der Waals surface area (Å²) in [6.07, 6.45) is 2.15. The molecule has 29 heavy (non-hydrogen) atoms. The van der Waals surface area contributed by atoms with Crippen molar-refractivity contribution in [3.8, 4) is 0 Å². The van der Waals surface area contributed by atoms with E-state index in [9.17, 15) is 8.42 Å². The van der Waals surface area contributed by atoms with Crippen LogP contribution in [0.2, 0.25) is 0 Å². The lowest BCUT2D eigenvalue weighted by Crippen LogP contribution is -2.29. The normalized spacial score (nSPS) is 14.6. The van der Waals surface area contributed by atoms with E-state index in [4.69, 9.17) is 0 Å². The standard InChI is InChI=1S/C21H21N5O2S/c1-13-8-9-14(2)18(12-13)29(27,28)25(3)20-21-24-23-19(15-10-11-15)26(21)17-7-5-4-6-16(17)22-20/h4-9,12,15H,10-11H2,1-3H3. The molecular weight excluding hydrogens is 386 g/mol. The average molecular weight is 407 g/mol. The third-order valence-corrected chi connectivity index (χ3v) is 7.35. The van der Waals surface area contributed by atoms with E-state index < -0.39 is 10.0 Å². The highest BCUT2D eigenvalue weighted by Gasteiger charge is 2.32. The number of hydrogen-bond acceptors (Lipinski definition) is 5. The van der Waals surface area contributed by atoms with Gasteiger partial charge in [0.15, 0.2) is 5.82 Å². The summed E-state index contributed by atoms with van der Waals surface area (Å²) >= 11 is 0. The zero-order valence-electron chi connectivity index (χ0n) is 16.5. The summed E-state index contributed by atoms with van der Waals surface area (Å²) < 4.78 is 30.1. The van der Waals surface area contributed by atoms with Crippen LogP contribution in [0.3, 0.4) is 0 Å². The average Bonchev–Trinajstić information content (AvgIpc) is 3.46. The largest absolute Gasteiger partial charge is 0.274 e. The zero-order chi connectivity index (χ0) is 20.3. The van der Waals surface area contributed by atoms with Crippen LogP contribution >= 0.6 is 0 Å². The van der Waals surface area contributed by atoms with Crippen molar-refractivity contribution in [1.82, 2.24) is 19.6 Å². The maximum absolute atomic E-state index is 13.5. The molecule has 0 aliphatic heterocycles. The van der Waals surface area contributed by atoms with Crippen LogP contribution in [0.25, 0.3) is 16.7 Å². The zero-order valence-corrected chi connectivity index (χ0v) is 17.3. The van der Waals surface area contributed by atoms with Gasteiger partial charge in [0, 0.05) is 13.0 Å². The van der Waals surface area contributed by atoms with Crippen LogP contribution in [0, 0.1) is 13.8 Å². The second-order valence-corrected chi connectivity index (χ2v) is 9.59. The fourth-order valence-electron chi connectivity index (χ4n) is 3.65. The van der Waals surface area contributed by atoms with E-state index in [1.807, 2.05) is 47.7 Å². The van der Waals surface area contributed by atoms with Gasteiger partial charge in [-0.25, -0.2) is 17.7 Å². The molecule has 0 N–H and O–H groups in total. The van der Waals surface area contributed by atoms with Gasteiger partial charge in [-0.15, -0.1) is 10.2 Å². The van der Waals surface area contributed by atoms with Crippen molar-refractivity contribution in [2.75, 3.05) is 11.4 Å². The molecule has 8 heteroatoms. The second kappa shape index (κ2) is 6.25. The number of para-hydroxylation sites is 2. The topological polar surface area (TPSA) is 80.5 Å². The first-order chi connectivity index (χ1) is 13.9. The number of aryl methyl sites for hydroxylation is 2. The predicted octanol–water partition coefficient (Wildman–Crippen LogP) is 3.60. The first-order valence-corrected chi connectivity index (χ1v) is 11.0. The molecule has 5 rings (SSSR count). The van der Waals surface area contributed by atoms with Crippen LogP contribution in [0.4, 0.5) is 5.82 Å². The van der Waals surface area contributed by atoms with Crippen molar-refractivity contribution in [1.29, 1.82) is 0 Å². The van der Waals surface area contributed by atoms with E-state index >= 15 is 0 Å². The van der Waals surface area contributed by atoms with E-state index in [0.717, 1.165) is 29.7 Å². The molecule has 1 aliphatic rings. The van der Waals surface area contributed by atoms with Crippen molar-refractivity contribution in [3.05, 3.63) is 59.4 Å². The molecule has 1 fully saturated rings. The maximum atomic E-state index is 13.5. The van der Waals surface area contributed by atoms with Crippen molar-refractivity contribution in [2.45, 2.75) is 37.5 Å². The molecule has 7 nitrogen and oxygen atoms in total. The second-order valence-electron chi connectivity index (χ2n) is 7.66. The van der Waals surface area contributed by atoms with Gasteiger partial charge in [-0.05, 0) is 56.0 Å². The van der Waals surface area contributed by atoms with Crippen molar-refractivity contribution >= 4 is 32.5 Å². The number of anilines is 1. The van der Waals surface area contributed by atoms with Gasteiger partial charge in [0.25, 0.3) is 10.0 Å². The molecule has 2 aromatic heterocycles. The minimum Gasteiger partial charge on any atom is -0.274 e. The molecule has 2 heterocycles. The van der Waals surface area contributed by atoms with Gasteiger partial charge in [0.1, 0.15) is 5.82 Å². The van der Waals surface area contributed by atoms with Crippen molar-refractivity contribution < 1.29 is 8.42 Å². The van der Waals surface area contributed by atoms with Gasteiger partial charge in [-0.3, -0.25) is 4.40 Å². The number of fused-ring (bicyclic) bond motifs is 3. The highest BCUT2D eigenvalue weighted by Crippen LogP contribution is 2.40. The molecule has 0 saturated heterocycles. The minimum atomic E-state index is -3.81. The molecule has 4 aromatic rings. The third-order valence-electron chi connectivity index (χ3n) is 5.46. The number of rotatable bonds is 4. The SMILES string of the molecule is Cc1ccc(C)c(S(=O)(=O)N(C)c2nc3ccccc3n3c(C4CC4)nnc23)c1. The summed E-state index contributed by atoms with van der Waals surface area (Å²) in [5, 5.41) is 8.73.